The summed E-state index contributed by atoms with van der Waals surface area (Å²) in [5, 5.41) is 0.312. The standard InChI is InChI=1S/C11H13Cl2FO/c12-6-2-1-3-7-15-11-5-4-9(14)8-10(11)13/h4-5,8H,1-3,6-7H2. The molecule has 0 radical (unpaired) electrons. The summed E-state index contributed by atoms with van der Waals surface area (Å²) in [6.07, 6.45) is 2.95. The molecule has 1 aromatic rings. The molecule has 0 amide bonds. The first-order valence-corrected chi connectivity index (χ1v) is 5.79. The van der Waals surface area contributed by atoms with Gasteiger partial charge in [-0.3, -0.25) is 0 Å². The van der Waals surface area contributed by atoms with Crippen molar-refractivity contribution in [2.45, 2.75) is 19.3 Å². The molecule has 0 bridgehead atoms. The lowest BCUT2D eigenvalue weighted by molar-refractivity contribution is 0.306. The van der Waals surface area contributed by atoms with Crippen molar-refractivity contribution >= 4 is 23.2 Å². The van der Waals surface area contributed by atoms with Gasteiger partial charge in [-0.2, -0.15) is 0 Å². The van der Waals surface area contributed by atoms with Gasteiger partial charge in [0.2, 0.25) is 0 Å². The van der Waals surface area contributed by atoms with Crippen molar-refractivity contribution in [1.82, 2.24) is 0 Å². The third kappa shape index (κ3) is 4.72. The predicted octanol–water partition coefficient (Wildman–Crippen LogP) is 4.27. The lowest BCUT2D eigenvalue weighted by Crippen LogP contribution is -1.98. The van der Waals surface area contributed by atoms with Gasteiger partial charge in [0.25, 0.3) is 0 Å². The van der Waals surface area contributed by atoms with Crippen LogP contribution in [-0.2, 0) is 0 Å². The second-order valence-electron chi connectivity index (χ2n) is 3.17. The summed E-state index contributed by atoms with van der Waals surface area (Å²) in [5.74, 6) is 0.857. The van der Waals surface area contributed by atoms with Crippen molar-refractivity contribution < 1.29 is 9.13 Å². The van der Waals surface area contributed by atoms with Crippen molar-refractivity contribution in [3.63, 3.8) is 0 Å². The van der Waals surface area contributed by atoms with Gasteiger partial charge in [0.15, 0.2) is 0 Å². The van der Waals surface area contributed by atoms with Crippen molar-refractivity contribution in [2.75, 3.05) is 12.5 Å². The maximum atomic E-state index is 12.7. The zero-order valence-electron chi connectivity index (χ0n) is 8.31. The molecule has 0 atom stereocenters. The van der Waals surface area contributed by atoms with Gasteiger partial charge in [-0.1, -0.05) is 11.6 Å². The monoisotopic (exact) mass is 250 g/mol. The first-order chi connectivity index (χ1) is 7.24. The van der Waals surface area contributed by atoms with E-state index < -0.39 is 0 Å². The fourth-order valence-corrected chi connectivity index (χ4v) is 1.56. The molecule has 0 unspecified atom stereocenters. The molecule has 0 spiro atoms. The predicted molar refractivity (Wildman–Crippen MR) is 61.5 cm³/mol. The molecule has 1 aromatic carbocycles. The van der Waals surface area contributed by atoms with Crippen LogP contribution in [0.2, 0.25) is 5.02 Å². The first-order valence-electron chi connectivity index (χ1n) is 4.88. The third-order valence-corrected chi connectivity index (χ3v) is 2.49. The van der Waals surface area contributed by atoms with Gasteiger partial charge in [-0.05, 0) is 37.5 Å². The summed E-state index contributed by atoms with van der Waals surface area (Å²) < 4.78 is 18.1. The Hall–Kier alpha value is -0.470. The number of halogens is 3. The van der Waals surface area contributed by atoms with Crippen molar-refractivity contribution in [1.29, 1.82) is 0 Å². The maximum Gasteiger partial charge on any atom is 0.138 e. The topological polar surface area (TPSA) is 9.23 Å². The quantitative estimate of drug-likeness (QED) is 0.542. The molecule has 84 valence electrons. The number of benzene rings is 1. The Morgan fingerprint density at radius 3 is 2.67 bits per heavy atom. The number of ether oxygens (including phenoxy) is 1. The molecule has 0 saturated heterocycles. The number of alkyl halides is 1. The normalized spacial score (nSPS) is 10.3. The number of hydrogen-bond acceptors (Lipinski definition) is 1. The van der Waals surface area contributed by atoms with E-state index >= 15 is 0 Å². The number of hydrogen-bond donors (Lipinski definition) is 0. The van der Waals surface area contributed by atoms with Crippen LogP contribution in [0.25, 0.3) is 0 Å². The molecule has 15 heavy (non-hydrogen) atoms. The molecular weight excluding hydrogens is 238 g/mol. The second-order valence-corrected chi connectivity index (χ2v) is 3.96. The van der Waals surface area contributed by atoms with Crippen LogP contribution in [0.4, 0.5) is 4.39 Å². The average molecular weight is 251 g/mol. The molecule has 0 aromatic heterocycles. The number of unbranched alkanes of at least 4 members (excludes halogenated alkanes) is 2. The van der Waals surface area contributed by atoms with E-state index in [1.807, 2.05) is 0 Å². The summed E-state index contributed by atoms with van der Waals surface area (Å²) in [5.41, 5.74) is 0. The van der Waals surface area contributed by atoms with E-state index in [1.165, 1.54) is 12.1 Å². The van der Waals surface area contributed by atoms with Crippen LogP contribution >= 0.6 is 23.2 Å². The SMILES string of the molecule is Fc1ccc(OCCCCCCl)c(Cl)c1. The second kappa shape index (κ2) is 6.91. The van der Waals surface area contributed by atoms with Gasteiger partial charge in [-0.15, -0.1) is 11.6 Å². The zero-order chi connectivity index (χ0) is 11.1. The van der Waals surface area contributed by atoms with E-state index in [1.54, 1.807) is 6.07 Å². The van der Waals surface area contributed by atoms with E-state index in [4.69, 9.17) is 27.9 Å². The molecule has 0 aliphatic carbocycles. The molecule has 0 N–H and O–H groups in total. The Labute approximate surface area is 99.1 Å². The van der Waals surface area contributed by atoms with Gasteiger partial charge >= 0.3 is 0 Å². The van der Waals surface area contributed by atoms with Crippen LogP contribution in [0.1, 0.15) is 19.3 Å². The van der Waals surface area contributed by atoms with E-state index in [9.17, 15) is 4.39 Å². The first kappa shape index (κ1) is 12.6. The minimum Gasteiger partial charge on any atom is -0.492 e. The molecule has 1 nitrogen and oxygen atoms in total. The average Bonchev–Trinajstić information content (AvgIpc) is 2.20. The highest BCUT2D eigenvalue weighted by Crippen LogP contribution is 2.24. The molecule has 1 rings (SSSR count). The molecule has 4 heteroatoms. The van der Waals surface area contributed by atoms with Gasteiger partial charge in [0.1, 0.15) is 11.6 Å². The lowest BCUT2D eigenvalue weighted by Gasteiger charge is -2.07. The van der Waals surface area contributed by atoms with Crippen LogP contribution < -0.4 is 4.74 Å². The minimum atomic E-state index is -0.352. The zero-order valence-corrected chi connectivity index (χ0v) is 9.82. The van der Waals surface area contributed by atoms with Crippen molar-refractivity contribution in [2.24, 2.45) is 0 Å². The van der Waals surface area contributed by atoms with Crippen LogP contribution in [0.3, 0.4) is 0 Å². The maximum absolute atomic E-state index is 12.7. The molecule has 0 aliphatic rings. The van der Waals surface area contributed by atoms with Gasteiger partial charge in [-0.25, -0.2) is 4.39 Å². The number of rotatable bonds is 6. The molecule has 0 aliphatic heterocycles. The van der Waals surface area contributed by atoms with Crippen LogP contribution in [0.15, 0.2) is 18.2 Å². The Balaban J connectivity index is 2.31. The van der Waals surface area contributed by atoms with Crippen molar-refractivity contribution in [3.8, 4) is 5.75 Å². The molecular formula is C11H13Cl2FO. The summed E-state index contributed by atoms with van der Waals surface area (Å²) in [4.78, 5) is 0. The van der Waals surface area contributed by atoms with E-state index in [0.717, 1.165) is 19.3 Å². The fraction of sp³-hybridized carbons (Fsp3) is 0.455. The molecule has 0 heterocycles. The van der Waals surface area contributed by atoms with Crippen LogP contribution in [0, 0.1) is 5.82 Å². The Morgan fingerprint density at radius 2 is 2.00 bits per heavy atom. The van der Waals surface area contributed by atoms with Gasteiger partial charge in [0.05, 0.1) is 11.6 Å². The Bertz CT molecular complexity index is 305. The van der Waals surface area contributed by atoms with Crippen LogP contribution in [-0.4, -0.2) is 12.5 Å². The summed E-state index contributed by atoms with van der Waals surface area (Å²) in [7, 11) is 0. The highest BCUT2D eigenvalue weighted by atomic mass is 35.5. The summed E-state index contributed by atoms with van der Waals surface area (Å²) in [6.45, 7) is 0.586. The van der Waals surface area contributed by atoms with Gasteiger partial charge in [0, 0.05) is 5.88 Å². The summed E-state index contributed by atoms with van der Waals surface area (Å²) in [6, 6.07) is 4.12. The van der Waals surface area contributed by atoms with E-state index in [-0.39, 0.29) is 5.82 Å². The highest BCUT2D eigenvalue weighted by molar-refractivity contribution is 6.32. The molecule has 0 saturated carbocycles. The third-order valence-electron chi connectivity index (χ3n) is 1.93. The van der Waals surface area contributed by atoms with Crippen LogP contribution in [0.5, 0.6) is 5.75 Å². The fourth-order valence-electron chi connectivity index (χ4n) is 1.15. The van der Waals surface area contributed by atoms with E-state index in [0.29, 0.717) is 23.3 Å². The molecule has 0 fully saturated rings. The lowest BCUT2D eigenvalue weighted by atomic mass is 10.2. The minimum absolute atomic E-state index is 0.312. The van der Waals surface area contributed by atoms with Crippen molar-refractivity contribution in [3.05, 3.63) is 29.0 Å². The highest BCUT2D eigenvalue weighted by Gasteiger charge is 2.02. The Kier molecular flexibility index (Phi) is 5.81. The smallest absolute Gasteiger partial charge is 0.138 e. The van der Waals surface area contributed by atoms with Gasteiger partial charge < -0.3 is 4.74 Å². The Morgan fingerprint density at radius 1 is 1.20 bits per heavy atom. The summed E-state index contributed by atoms with van der Waals surface area (Å²) >= 11 is 11.3. The van der Waals surface area contributed by atoms with E-state index in [2.05, 4.69) is 0 Å². The largest absolute Gasteiger partial charge is 0.492 e.